The molecule has 0 bridgehead atoms. The van der Waals surface area contributed by atoms with Crippen LogP contribution in [0.15, 0.2) is 15.8 Å². The van der Waals surface area contributed by atoms with Crippen LogP contribution in [0.2, 0.25) is 0 Å². The van der Waals surface area contributed by atoms with E-state index in [0.29, 0.717) is 12.5 Å². The maximum absolute atomic E-state index is 12.3. The number of hydrogen-bond donors (Lipinski definition) is 2. The molecule has 1 atom stereocenters. The second-order valence-corrected chi connectivity index (χ2v) is 7.11. The van der Waals surface area contributed by atoms with Gasteiger partial charge < -0.3 is 10.3 Å². The van der Waals surface area contributed by atoms with Gasteiger partial charge in [0.15, 0.2) is 0 Å². The van der Waals surface area contributed by atoms with Crippen molar-refractivity contribution in [3.05, 3.63) is 32.6 Å². The van der Waals surface area contributed by atoms with Gasteiger partial charge in [-0.2, -0.15) is 0 Å². The van der Waals surface area contributed by atoms with E-state index in [2.05, 4.69) is 36.0 Å². The van der Waals surface area contributed by atoms with Gasteiger partial charge in [-0.25, -0.2) is 4.79 Å². The van der Waals surface area contributed by atoms with Crippen molar-refractivity contribution in [1.82, 2.24) is 19.8 Å². The van der Waals surface area contributed by atoms with Crippen LogP contribution in [0.1, 0.15) is 44.0 Å². The van der Waals surface area contributed by atoms with Crippen LogP contribution in [0.4, 0.5) is 0 Å². The maximum atomic E-state index is 12.3. The minimum atomic E-state index is -0.579. The molecular weight excluding hydrogens is 308 g/mol. The Hall–Kier alpha value is -1.89. The van der Waals surface area contributed by atoms with Gasteiger partial charge in [0.05, 0.1) is 0 Å². The van der Waals surface area contributed by atoms with Crippen molar-refractivity contribution in [2.45, 2.75) is 39.7 Å². The second-order valence-electron chi connectivity index (χ2n) is 7.11. The van der Waals surface area contributed by atoms with Gasteiger partial charge in [-0.3, -0.25) is 19.1 Å². The van der Waals surface area contributed by atoms with E-state index in [-0.39, 0.29) is 11.6 Å². The molecule has 2 N–H and O–H groups in total. The number of piperidine rings is 1. The quantitative estimate of drug-likeness (QED) is 0.822. The number of carbonyl (C=O) groups excluding carboxylic acids is 1. The van der Waals surface area contributed by atoms with Crippen molar-refractivity contribution in [3.8, 4) is 0 Å². The Balaban J connectivity index is 2.04. The lowest BCUT2D eigenvalue weighted by atomic mass is 9.94. The van der Waals surface area contributed by atoms with Gasteiger partial charge in [-0.1, -0.05) is 20.8 Å². The lowest BCUT2D eigenvalue weighted by molar-refractivity contribution is 0.0861. The SMILES string of the molecule is CC1CCN(C(CNC(=O)c2c[nH]c(=O)n(C)c2=O)C(C)C)CC1. The van der Waals surface area contributed by atoms with Crippen molar-refractivity contribution in [2.75, 3.05) is 19.6 Å². The summed E-state index contributed by atoms with van der Waals surface area (Å²) in [6.45, 7) is 9.14. The van der Waals surface area contributed by atoms with Gasteiger partial charge in [-0.15, -0.1) is 0 Å². The molecule has 7 nitrogen and oxygen atoms in total. The first-order chi connectivity index (χ1) is 11.3. The van der Waals surface area contributed by atoms with E-state index in [4.69, 9.17) is 0 Å². The molecule has 134 valence electrons. The molecule has 1 fully saturated rings. The van der Waals surface area contributed by atoms with Gasteiger partial charge in [0, 0.05) is 25.8 Å². The van der Waals surface area contributed by atoms with Crippen LogP contribution in [0.25, 0.3) is 0 Å². The Labute approximate surface area is 142 Å². The van der Waals surface area contributed by atoms with E-state index in [1.165, 1.54) is 26.1 Å². The zero-order valence-electron chi connectivity index (χ0n) is 15.0. The van der Waals surface area contributed by atoms with Crippen molar-refractivity contribution < 1.29 is 4.79 Å². The Kier molecular flexibility index (Phi) is 5.99. The largest absolute Gasteiger partial charge is 0.350 e. The molecule has 2 rings (SSSR count). The Bertz CT molecular complexity index is 684. The average Bonchev–Trinajstić information content (AvgIpc) is 2.54. The smallest absolute Gasteiger partial charge is 0.328 e. The van der Waals surface area contributed by atoms with Gasteiger partial charge in [-0.05, 0) is 37.8 Å². The molecule has 1 unspecified atom stereocenters. The highest BCUT2D eigenvalue weighted by molar-refractivity contribution is 5.93. The number of amides is 1. The van der Waals surface area contributed by atoms with Crippen LogP contribution in [-0.4, -0.2) is 46.0 Å². The summed E-state index contributed by atoms with van der Waals surface area (Å²) in [6.07, 6.45) is 3.54. The third-order valence-electron chi connectivity index (χ3n) is 4.95. The first kappa shape index (κ1) is 18.4. The molecule has 1 amide bonds. The normalized spacial score (nSPS) is 17.9. The third kappa shape index (κ3) is 4.14. The summed E-state index contributed by atoms with van der Waals surface area (Å²) in [4.78, 5) is 40.5. The summed E-state index contributed by atoms with van der Waals surface area (Å²) in [5.41, 5.74) is -1.14. The lowest BCUT2D eigenvalue weighted by Gasteiger charge is -2.38. The second kappa shape index (κ2) is 7.79. The molecule has 0 saturated carbocycles. The number of aromatic nitrogens is 2. The number of hydrogen-bond acceptors (Lipinski definition) is 4. The zero-order valence-corrected chi connectivity index (χ0v) is 15.0. The molecule has 1 aromatic heterocycles. The first-order valence-corrected chi connectivity index (χ1v) is 8.62. The third-order valence-corrected chi connectivity index (χ3v) is 4.95. The van der Waals surface area contributed by atoms with Crippen molar-refractivity contribution in [1.29, 1.82) is 0 Å². The molecule has 0 aliphatic carbocycles. The fraction of sp³-hybridized carbons (Fsp3) is 0.706. The first-order valence-electron chi connectivity index (χ1n) is 8.62. The number of carbonyl (C=O) groups is 1. The topological polar surface area (TPSA) is 87.2 Å². The minimum absolute atomic E-state index is 0.0353. The summed E-state index contributed by atoms with van der Waals surface area (Å²) >= 11 is 0. The van der Waals surface area contributed by atoms with Gasteiger partial charge in [0.2, 0.25) is 0 Å². The number of rotatable bonds is 5. The summed E-state index contributed by atoms with van der Waals surface area (Å²) in [7, 11) is 1.35. The van der Waals surface area contributed by atoms with Crippen LogP contribution < -0.4 is 16.6 Å². The number of likely N-dealkylation sites (tertiary alicyclic amines) is 1. The van der Waals surface area contributed by atoms with E-state index >= 15 is 0 Å². The number of nitrogens with one attached hydrogen (secondary N) is 2. The predicted octanol–water partition coefficient (Wildman–Crippen LogP) is 0.560. The number of H-pyrrole nitrogens is 1. The van der Waals surface area contributed by atoms with Crippen LogP contribution in [0.3, 0.4) is 0 Å². The van der Waals surface area contributed by atoms with Gasteiger partial charge >= 0.3 is 5.69 Å². The Morgan fingerprint density at radius 3 is 2.54 bits per heavy atom. The van der Waals surface area contributed by atoms with Crippen molar-refractivity contribution in [3.63, 3.8) is 0 Å². The molecule has 1 aliphatic heterocycles. The summed E-state index contributed by atoms with van der Waals surface area (Å²) < 4.78 is 0.904. The summed E-state index contributed by atoms with van der Waals surface area (Å²) in [5.74, 6) is 0.716. The fourth-order valence-corrected chi connectivity index (χ4v) is 3.17. The van der Waals surface area contributed by atoms with E-state index in [1.54, 1.807) is 0 Å². The molecule has 2 heterocycles. The van der Waals surface area contributed by atoms with E-state index in [0.717, 1.165) is 23.6 Å². The number of aromatic amines is 1. The molecule has 0 spiro atoms. The van der Waals surface area contributed by atoms with E-state index in [1.807, 2.05) is 0 Å². The summed E-state index contributed by atoms with van der Waals surface area (Å²) in [5, 5.41) is 2.86. The fourth-order valence-electron chi connectivity index (χ4n) is 3.17. The van der Waals surface area contributed by atoms with Gasteiger partial charge in [0.25, 0.3) is 11.5 Å². The highest BCUT2D eigenvalue weighted by Crippen LogP contribution is 2.21. The maximum Gasteiger partial charge on any atom is 0.328 e. The van der Waals surface area contributed by atoms with E-state index < -0.39 is 17.2 Å². The molecule has 1 saturated heterocycles. The van der Waals surface area contributed by atoms with E-state index in [9.17, 15) is 14.4 Å². The Morgan fingerprint density at radius 2 is 1.96 bits per heavy atom. The van der Waals surface area contributed by atoms with Crippen LogP contribution >= 0.6 is 0 Å². The average molecular weight is 336 g/mol. The van der Waals surface area contributed by atoms with Crippen molar-refractivity contribution >= 4 is 5.91 Å². The number of nitrogens with zero attached hydrogens (tertiary/aromatic N) is 2. The lowest BCUT2D eigenvalue weighted by Crippen LogP contribution is -2.50. The molecule has 0 aromatic carbocycles. The molecule has 0 radical (unpaired) electrons. The minimum Gasteiger partial charge on any atom is -0.350 e. The summed E-state index contributed by atoms with van der Waals surface area (Å²) in [6, 6.07) is 0.244. The molecule has 24 heavy (non-hydrogen) atoms. The molecule has 1 aromatic rings. The standard InChI is InChI=1S/C17H28N4O3/c1-11(2)14(21-7-5-12(3)6-8-21)10-18-15(22)13-9-19-17(24)20(4)16(13)23/h9,11-12,14H,5-8,10H2,1-4H3,(H,18,22)(H,19,24). The van der Waals surface area contributed by atoms with Gasteiger partial charge in [0.1, 0.15) is 5.56 Å². The monoisotopic (exact) mass is 336 g/mol. The predicted molar refractivity (Wildman–Crippen MR) is 93.2 cm³/mol. The van der Waals surface area contributed by atoms with Crippen LogP contribution in [0.5, 0.6) is 0 Å². The highest BCUT2D eigenvalue weighted by Gasteiger charge is 2.26. The van der Waals surface area contributed by atoms with Crippen molar-refractivity contribution in [2.24, 2.45) is 18.9 Å². The molecule has 1 aliphatic rings. The highest BCUT2D eigenvalue weighted by atomic mass is 16.2. The zero-order chi connectivity index (χ0) is 17.9. The Morgan fingerprint density at radius 1 is 1.33 bits per heavy atom. The van der Waals surface area contributed by atoms with Crippen LogP contribution in [-0.2, 0) is 7.05 Å². The molecule has 7 heteroatoms. The molecular formula is C17H28N4O3. The van der Waals surface area contributed by atoms with Crippen LogP contribution in [0, 0.1) is 11.8 Å².